The van der Waals surface area contributed by atoms with Crippen LogP contribution in [0.5, 0.6) is 5.75 Å². The molecule has 0 aromatic heterocycles. The van der Waals surface area contributed by atoms with Gasteiger partial charge in [-0.3, -0.25) is 10.1 Å². The van der Waals surface area contributed by atoms with Crippen molar-refractivity contribution in [3.63, 3.8) is 0 Å². The molecular formula is C10H9NO4. The summed E-state index contributed by atoms with van der Waals surface area (Å²) in [4.78, 5) is 20.6. The standard InChI is InChI=1S/C10H9NO4/c12-6-10(3-4-10)7-1-2-8(11(14)15)9(13)5-7/h1-2,5-6,13H,3-4H2. The number of phenolic OH excluding ortho intramolecular Hbond substituents is 1. The van der Waals surface area contributed by atoms with Crippen LogP contribution in [0.25, 0.3) is 0 Å². The van der Waals surface area contributed by atoms with E-state index in [4.69, 9.17) is 0 Å². The maximum absolute atomic E-state index is 10.8. The fourth-order valence-corrected chi connectivity index (χ4v) is 1.60. The molecule has 1 aromatic carbocycles. The lowest BCUT2D eigenvalue weighted by Crippen LogP contribution is -2.07. The second-order valence-corrected chi connectivity index (χ2v) is 3.73. The minimum absolute atomic E-state index is 0.333. The summed E-state index contributed by atoms with van der Waals surface area (Å²) in [5.41, 5.74) is -0.187. The summed E-state index contributed by atoms with van der Waals surface area (Å²) in [6, 6.07) is 4.06. The maximum Gasteiger partial charge on any atom is 0.310 e. The molecule has 1 fully saturated rings. The fraction of sp³-hybridized carbons (Fsp3) is 0.300. The first-order valence-electron chi connectivity index (χ1n) is 4.53. The quantitative estimate of drug-likeness (QED) is 0.463. The number of nitrogens with zero attached hydrogens (tertiary/aromatic N) is 1. The lowest BCUT2D eigenvalue weighted by Gasteiger charge is -2.07. The summed E-state index contributed by atoms with van der Waals surface area (Å²) in [7, 11) is 0. The molecule has 5 heteroatoms. The van der Waals surface area contributed by atoms with Crippen molar-refractivity contribution in [1.82, 2.24) is 0 Å². The number of phenols is 1. The molecule has 0 saturated heterocycles. The van der Waals surface area contributed by atoms with Gasteiger partial charge in [0.2, 0.25) is 0 Å². The van der Waals surface area contributed by atoms with E-state index >= 15 is 0 Å². The van der Waals surface area contributed by atoms with Crippen LogP contribution in [0.1, 0.15) is 18.4 Å². The molecule has 1 aliphatic rings. The van der Waals surface area contributed by atoms with E-state index in [-0.39, 0.29) is 11.4 Å². The van der Waals surface area contributed by atoms with Crippen molar-refractivity contribution in [2.45, 2.75) is 18.3 Å². The van der Waals surface area contributed by atoms with Crippen LogP contribution in [0.4, 0.5) is 5.69 Å². The molecule has 2 rings (SSSR count). The van der Waals surface area contributed by atoms with Crippen molar-refractivity contribution >= 4 is 12.0 Å². The molecule has 0 unspecified atom stereocenters. The first-order chi connectivity index (χ1) is 7.09. The number of hydrogen-bond acceptors (Lipinski definition) is 4. The number of nitro benzene ring substituents is 1. The van der Waals surface area contributed by atoms with Crippen LogP contribution in [-0.2, 0) is 10.2 Å². The molecule has 0 aliphatic heterocycles. The molecule has 5 nitrogen and oxygen atoms in total. The summed E-state index contributed by atoms with van der Waals surface area (Å²) >= 11 is 0. The number of hydrogen-bond donors (Lipinski definition) is 1. The van der Waals surface area contributed by atoms with Crippen molar-refractivity contribution in [3.05, 3.63) is 33.9 Å². The molecule has 78 valence electrons. The van der Waals surface area contributed by atoms with Crippen molar-refractivity contribution < 1.29 is 14.8 Å². The zero-order valence-electron chi connectivity index (χ0n) is 7.84. The number of carbonyl (C=O) groups is 1. The van der Waals surface area contributed by atoms with E-state index in [1.807, 2.05) is 0 Å². The number of benzene rings is 1. The Morgan fingerprint density at radius 1 is 1.47 bits per heavy atom. The Hall–Kier alpha value is -1.91. The maximum atomic E-state index is 10.8. The normalized spacial score (nSPS) is 17.1. The molecule has 1 aromatic rings. The lowest BCUT2D eigenvalue weighted by atomic mass is 9.97. The Morgan fingerprint density at radius 3 is 2.53 bits per heavy atom. The molecule has 0 bridgehead atoms. The number of nitro groups is 1. The topological polar surface area (TPSA) is 80.4 Å². The molecule has 0 radical (unpaired) electrons. The van der Waals surface area contributed by atoms with Crippen LogP contribution in [-0.4, -0.2) is 16.3 Å². The van der Waals surface area contributed by atoms with Crippen molar-refractivity contribution in [1.29, 1.82) is 0 Å². The highest BCUT2D eigenvalue weighted by molar-refractivity contribution is 5.74. The third kappa shape index (κ3) is 1.45. The van der Waals surface area contributed by atoms with E-state index in [1.165, 1.54) is 18.2 Å². The number of rotatable bonds is 3. The second-order valence-electron chi connectivity index (χ2n) is 3.73. The van der Waals surface area contributed by atoms with Crippen LogP contribution >= 0.6 is 0 Å². The largest absolute Gasteiger partial charge is 0.502 e. The van der Waals surface area contributed by atoms with Gasteiger partial charge in [0.15, 0.2) is 5.75 Å². The molecular weight excluding hydrogens is 198 g/mol. The van der Waals surface area contributed by atoms with E-state index in [1.54, 1.807) is 0 Å². The van der Waals surface area contributed by atoms with Gasteiger partial charge in [-0.15, -0.1) is 0 Å². The van der Waals surface area contributed by atoms with Gasteiger partial charge in [0.25, 0.3) is 0 Å². The Morgan fingerprint density at radius 2 is 2.13 bits per heavy atom. The SMILES string of the molecule is O=CC1(c2ccc([N+](=O)[O-])c(O)c2)CC1. The highest BCUT2D eigenvalue weighted by Gasteiger charge is 2.44. The minimum Gasteiger partial charge on any atom is -0.502 e. The minimum atomic E-state index is -0.653. The summed E-state index contributed by atoms with van der Waals surface area (Å²) in [5, 5.41) is 19.8. The van der Waals surface area contributed by atoms with E-state index in [0.29, 0.717) is 5.56 Å². The van der Waals surface area contributed by atoms with Gasteiger partial charge >= 0.3 is 5.69 Å². The zero-order chi connectivity index (χ0) is 11.1. The van der Waals surface area contributed by atoms with E-state index in [9.17, 15) is 20.0 Å². The first-order valence-corrected chi connectivity index (χ1v) is 4.53. The van der Waals surface area contributed by atoms with Gasteiger partial charge in [0.1, 0.15) is 6.29 Å². The monoisotopic (exact) mass is 207 g/mol. The van der Waals surface area contributed by atoms with E-state index in [2.05, 4.69) is 0 Å². The first kappa shape index (κ1) is 9.64. The molecule has 1 aliphatic carbocycles. The molecule has 0 amide bonds. The van der Waals surface area contributed by atoms with E-state index < -0.39 is 10.3 Å². The van der Waals surface area contributed by atoms with Gasteiger partial charge < -0.3 is 9.90 Å². The zero-order valence-corrected chi connectivity index (χ0v) is 7.84. The average molecular weight is 207 g/mol. The summed E-state index contributed by atoms with van der Waals surface area (Å²) in [6.45, 7) is 0. The Bertz CT molecular complexity index is 437. The molecule has 0 spiro atoms. The third-order valence-electron chi connectivity index (χ3n) is 2.76. The highest BCUT2D eigenvalue weighted by Crippen LogP contribution is 2.47. The van der Waals surface area contributed by atoms with Gasteiger partial charge in [-0.05, 0) is 24.5 Å². The highest BCUT2D eigenvalue weighted by atomic mass is 16.6. The van der Waals surface area contributed by atoms with Crippen LogP contribution in [0.15, 0.2) is 18.2 Å². The van der Waals surface area contributed by atoms with Crippen molar-refractivity contribution in [2.24, 2.45) is 0 Å². The van der Waals surface area contributed by atoms with Gasteiger partial charge in [-0.25, -0.2) is 0 Å². The lowest BCUT2D eigenvalue weighted by molar-refractivity contribution is -0.385. The van der Waals surface area contributed by atoms with E-state index in [0.717, 1.165) is 19.1 Å². The van der Waals surface area contributed by atoms with Crippen LogP contribution in [0.2, 0.25) is 0 Å². The molecule has 1 saturated carbocycles. The summed E-state index contributed by atoms with van der Waals surface area (Å²) < 4.78 is 0. The predicted octanol–water partition coefficient (Wildman–Crippen LogP) is 1.53. The molecule has 15 heavy (non-hydrogen) atoms. The summed E-state index contributed by atoms with van der Waals surface area (Å²) in [5.74, 6) is -0.384. The summed E-state index contributed by atoms with van der Waals surface area (Å²) in [6.07, 6.45) is 2.33. The predicted molar refractivity (Wildman–Crippen MR) is 51.7 cm³/mol. The third-order valence-corrected chi connectivity index (χ3v) is 2.76. The second kappa shape index (κ2) is 3.05. The van der Waals surface area contributed by atoms with Crippen LogP contribution < -0.4 is 0 Å². The molecule has 0 atom stereocenters. The van der Waals surface area contributed by atoms with Gasteiger partial charge in [-0.2, -0.15) is 0 Å². The molecule has 0 heterocycles. The average Bonchev–Trinajstić information content (AvgIpc) is 2.97. The number of carbonyl (C=O) groups excluding carboxylic acids is 1. The molecule has 1 N–H and O–H groups in total. The smallest absolute Gasteiger partial charge is 0.310 e. The van der Waals surface area contributed by atoms with Crippen molar-refractivity contribution in [2.75, 3.05) is 0 Å². The number of aromatic hydroxyl groups is 1. The Balaban J connectivity index is 2.42. The van der Waals surface area contributed by atoms with Crippen LogP contribution in [0, 0.1) is 10.1 Å². The van der Waals surface area contributed by atoms with Gasteiger partial charge in [0.05, 0.1) is 10.3 Å². The Kier molecular flexibility index (Phi) is 1.96. The van der Waals surface area contributed by atoms with Crippen LogP contribution in [0.3, 0.4) is 0 Å². The van der Waals surface area contributed by atoms with Gasteiger partial charge in [0, 0.05) is 6.07 Å². The number of aldehydes is 1. The fourth-order valence-electron chi connectivity index (χ4n) is 1.60. The van der Waals surface area contributed by atoms with Crippen molar-refractivity contribution in [3.8, 4) is 5.75 Å². The van der Waals surface area contributed by atoms with Gasteiger partial charge in [-0.1, -0.05) is 6.07 Å². The Labute approximate surface area is 85.5 Å².